The first-order chi connectivity index (χ1) is 21.9. The quantitative estimate of drug-likeness (QED) is 0.0806. The number of para-hydroxylation sites is 1. The van der Waals surface area contributed by atoms with Crippen LogP contribution in [0.1, 0.15) is 33.2 Å². The lowest BCUT2D eigenvalue weighted by Crippen LogP contribution is -2.18. The maximum absolute atomic E-state index is 13.3. The Labute approximate surface area is 260 Å². The molecule has 1 amide bonds. The Morgan fingerprint density at radius 2 is 1.51 bits per heavy atom. The molecular formula is C35H31N3O7. The Morgan fingerprint density at radius 1 is 0.800 bits per heavy atom. The molecule has 10 nitrogen and oxygen atoms in total. The van der Waals surface area contributed by atoms with Crippen LogP contribution in [0.5, 0.6) is 28.7 Å². The number of hydrogen-bond donors (Lipinski definition) is 1. The molecule has 228 valence electrons. The van der Waals surface area contributed by atoms with E-state index in [0.29, 0.717) is 57.3 Å². The summed E-state index contributed by atoms with van der Waals surface area (Å²) in [5, 5.41) is 4.88. The fraction of sp³-hybridized carbons (Fsp3) is 0.143. The van der Waals surface area contributed by atoms with Gasteiger partial charge in [-0.1, -0.05) is 48.5 Å². The number of esters is 1. The third kappa shape index (κ3) is 6.86. The molecule has 1 heterocycles. The van der Waals surface area contributed by atoms with Gasteiger partial charge < -0.3 is 23.7 Å². The monoisotopic (exact) mass is 605 g/mol. The van der Waals surface area contributed by atoms with Crippen LogP contribution in [0.3, 0.4) is 0 Å². The van der Waals surface area contributed by atoms with E-state index in [0.717, 1.165) is 5.56 Å². The summed E-state index contributed by atoms with van der Waals surface area (Å²) < 4.78 is 27.4. The van der Waals surface area contributed by atoms with Crippen LogP contribution in [0.15, 0.2) is 96.1 Å². The van der Waals surface area contributed by atoms with E-state index in [1.807, 2.05) is 61.5 Å². The molecule has 0 saturated carbocycles. The molecule has 5 rings (SSSR count). The summed E-state index contributed by atoms with van der Waals surface area (Å²) in [6, 6.07) is 26.8. The van der Waals surface area contributed by atoms with E-state index < -0.39 is 5.97 Å². The van der Waals surface area contributed by atoms with Crippen molar-refractivity contribution in [1.29, 1.82) is 0 Å². The van der Waals surface area contributed by atoms with Crippen molar-refractivity contribution in [3.05, 3.63) is 108 Å². The molecule has 5 aromatic rings. The zero-order valence-electron chi connectivity index (χ0n) is 25.2. The number of hydrazone groups is 1. The minimum atomic E-state index is -0.650. The predicted molar refractivity (Wildman–Crippen MR) is 171 cm³/mol. The summed E-state index contributed by atoms with van der Waals surface area (Å²) in [6.45, 7) is 2.14. The molecule has 0 aliphatic rings. The highest BCUT2D eigenvalue weighted by molar-refractivity contribution is 6.07. The maximum Gasteiger partial charge on any atom is 0.343 e. The van der Waals surface area contributed by atoms with Gasteiger partial charge in [0.05, 0.1) is 56.5 Å². The first-order valence-corrected chi connectivity index (χ1v) is 14.0. The molecule has 0 radical (unpaired) electrons. The van der Waals surface area contributed by atoms with Gasteiger partial charge in [0.2, 0.25) is 5.75 Å². The number of amides is 1. The molecule has 1 N–H and O–H groups in total. The third-order valence-electron chi connectivity index (χ3n) is 6.78. The summed E-state index contributed by atoms with van der Waals surface area (Å²) in [7, 11) is 4.40. The van der Waals surface area contributed by atoms with Crippen molar-refractivity contribution in [1.82, 2.24) is 10.4 Å². The standard InChI is InChI=1S/C35H31N3O7/c1-5-44-30-17-22(15-16-29(30)45-35(40)24-18-31(41-2)33(43-4)32(19-24)42-3)21-36-38-34(39)26-20-28(23-11-7-6-8-12-23)37-27-14-10-9-13-25(26)27/h6-21H,5H2,1-4H3,(H,38,39). The largest absolute Gasteiger partial charge is 0.493 e. The molecule has 4 aromatic carbocycles. The van der Waals surface area contributed by atoms with E-state index in [1.54, 1.807) is 24.3 Å². The number of nitrogens with zero attached hydrogens (tertiary/aromatic N) is 2. The highest BCUT2D eigenvalue weighted by atomic mass is 16.6. The van der Waals surface area contributed by atoms with E-state index in [4.69, 9.17) is 28.7 Å². The van der Waals surface area contributed by atoms with Gasteiger partial charge in [0.25, 0.3) is 5.91 Å². The Hall–Kier alpha value is -5.90. The molecule has 0 aliphatic heterocycles. The second-order valence-corrected chi connectivity index (χ2v) is 9.58. The molecule has 0 spiro atoms. The fourth-order valence-electron chi connectivity index (χ4n) is 4.66. The average Bonchev–Trinajstić information content (AvgIpc) is 3.08. The van der Waals surface area contributed by atoms with Gasteiger partial charge in [-0.25, -0.2) is 15.2 Å². The summed E-state index contributed by atoms with van der Waals surface area (Å²) >= 11 is 0. The van der Waals surface area contributed by atoms with Crippen LogP contribution in [-0.4, -0.2) is 51.0 Å². The first-order valence-electron chi connectivity index (χ1n) is 14.0. The first kappa shape index (κ1) is 30.6. The number of benzene rings is 4. The van der Waals surface area contributed by atoms with Crippen molar-refractivity contribution in [2.75, 3.05) is 27.9 Å². The molecule has 45 heavy (non-hydrogen) atoms. The highest BCUT2D eigenvalue weighted by Crippen LogP contribution is 2.39. The van der Waals surface area contributed by atoms with Crippen molar-refractivity contribution in [3.63, 3.8) is 0 Å². The van der Waals surface area contributed by atoms with Gasteiger partial charge >= 0.3 is 5.97 Å². The van der Waals surface area contributed by atoms with Crippen LogP contribution in [0.4, 0.5) is 0 Å². The van der Waals surface area contributed by atoms with Crippen LogP contribution >= 0.6 is 0 Å². The Kier molecular flexibility index (Phi) is 9.54. The second-order valence-electron chi connectivity index (χ2n) is 9.58. The lowest BCUT2D eigenvalue weighted by Gasteiger charge is -2.15. The number of pyridine rings is 1. The Morgan fingerprint density at radius 3 is 2.20 bits per heavy atom. The van der Waals surface area contributed by atoms with Crippen molar-refractivity contribution < 1.29 is 33.3 Å². The number of carbonyl (C=O) groups excluding carboxylic acids is 2. The van der Waals surface area contributed by atoms with Crippen LogP contribution in [-0.2, 0) is 0 Å². The Bertz CT molecular complexity index is 1850. The van der Waals surface area contributed by atoms with Gasteiger partial charge in [-0.2, -0.15) is 5.10 Å². The number of rotatable bonds is 11. The molecule has 0 unspecified atom stereocenters. The fourth-order valence-corrected chi connectivity index (χ4v) is 4.66. The SMILES string of the molecule is CCOc1cc(C=NNC(=O)c2cc(-c3ccccc3)nc3ccccc23)ccc1OC(=O)c1cc(OC)c(OC)c(OC)c1. The number of nitrogens with one attached hydrogen (secondary N) is 1. The number of hydrogen-bond acceptors (Lipinski definition) is 9. The third-order valence-corrected chi connectivity index (χ3v) is 6.78. The van der Waals surface area contributed by atoms with E-state index in [9.17, 15) is 9.59 Å². The lowest BCUT2D eigenvalue weighted by molar-refractivity contribution is 0.0727. The van der Waals surface area contributed by atoms with Gasteiger partial charge in [-0.3, -0.25) is 4.79 Å². The number of carbonyl (C=O) groups is 2. The van der Waals surface area contributed by atoms with Crippen molar-refractivity contribution in [2.45, 2.75) is 6.92 Å². The topological polar surface area (TPSA) is 118 Å². The van der Waals surface area contributed by atoms with Crippen LogP contribution in [0, 0.1) is 0 Å². The molecule has 1 aromatic heterocycles. The average molecular weight is 606 g/mol. The van der Waals surface area contributed by atoms with E-state index in [2.05, 4.69) is 10.5 Å². The minimum Gasteiger partial charge on any atom is -0.493 e. The number of aromatic nitrogens is 1. The molecule has 10 heteroatoms. The molecule has 0 fully saturated rings. The minimum absolute atomic E-state index is 0.194. The van der Waals surface area contributed by atoms with E-state index in [-0.39, 0.29) is 17.2 Å². The summed E-state index contributed by atoms with van der Waals surface area (Å²) in [4.78, 5) is 31.1. The van der Waals surface area contributed by atoms with Gasteiger partial charge in [-0.05, 0) is 55.0 Å². The summed E-state index contributed by atoms with van der Waals surface area (Å²) in [5.74, 6) is 0.481. The molecule has 0 aliphatic carbocycles. The zero-order valence-corrected chi connectivity index (χ0v) is 25.2. The van der Waals surface area contributed by atoms with Crippen LogP contribution < -0.4 is 29.1 Å². The van der Waals surface area contributed by atoms with Gasteiger partial charge in [0, 0.05) is 10.9 Å². The maximum atomic E-state index is 13.3. The Balaban J connectivity index is 1.35. The summed E-state index contributed by atoms with van der Waals surface area (Å²) in [5.41, 5.74) is 6.14. The van der Waals surface area contributed by atoms with Crippen LogP contribution in [0.25, 0.3) is 22.2 Å². The zero-order chi connectivity index (χ0) is 31.8. The lowest BCUT2D eigenvalue weighted by atomic mass is 10.0. The number of methoxy groups -OCH3 is 3. The molecule has 0 bridgehead atoms. The van der Waals surface area contributed by atoms with Crippen molar-refractivity contribution in [2.24, 2.45) is 5.10 Å². The second kappa shape index (κ2) is 14.0. The molecule has 0 saturated heterocycles. The van der Waals surface area contributed by atoms with E-state index >= 15 is 0 Å². The molecular weight excluding hydrogens is 574 g/mol. The van der Waals surface area contributed by atoms with Crippen molar-refractivity contribution >= 4 is 29.0 Å². The van der Waals surface area contributed by atoms with Gasteiger partial charge in [0.15, 0.2) is 23.0 Å². The summed E-state index contributed by atoms with van der Waals surface area (Å²) in [6.07, 6.45) is 1.48. The van der Waals surface area contributed by atoms with E-state index in [1.165, 1.54) is 39.7 Å². The smallest absolute Gasteiger partial charge is 0.343 e. The van der Waals surface area contributed by atoms with Gasteiger partial charge in [0.1, 0.15) is 0 Å². The van der Waals surface area contributed by atoms with Crippen molar-refractivity contribution in [3.8, 4) is 40.0 Å². The van der Waals surface area contributed by atoms with Gasteiger partial charge in [-0.15, -0.1) is 0 Å². The molecule has 0 atom stereocenters. The van der Waals surface area contributed by atoms with Crippen LogP contribution in [0.2, 0.25) is 0 Å². The number of fused-ring (bicyclic) bond motifs is 1. The predicted octanol–water partition coefficient (Wildman–Crippen LogP) is 6.31. The highest BCUT2D eigenvalue weighted by Gasteiger charge is 2.20. The number of ether oxygens (including phenoxy) is 5. The normalized spacial score (nSPS) is 10.8.